The van der Waals surface area contributed by atoms with E-state index >= 15 is 0 Å². The molecule has 0 unspecified atom stereocenters. The van der Waals surface area contributed by atoms with Crippen molar-refractivity contribution in [3.8, 4) is 5.75 Å². The molecule has 1 aromatic heterocycles. The second-order valence-corrected chi connectivity index (χ2v) is 7.74. The van der Waals surface area contributed by atoms with Crippen LogP contribution >= 0.6 is 0 Å². The van der Waals surface area contributed by atoms with Crippen molar-refractivity contribution in [3.63, 3.8) is 0 Å². The molecule has 1 aromatic carbocycles. The maximum atomic E-state index is 13.0. The Bertz CT molecular complexity index is 922. The molecule has 2 aromatic rings. The summed E-state index contributed by atoms with van der Waals surface area (Å²) in [6.07, 6.45) is 0.866. The Morgan fingerprint density at radius 2 is 2.00 bits per heavy atom. The van der Waals surface area contributed by atoms with Crippen molar-refractivity contribution in [2.45, 2.75) is 19.5 Å². The molecule has 2 amide bonds. The molecule has 9 heteroatoms. The molecular weight excluding hydrogens is 398 g/mol. The van der Waals surface area contributed by atoms with E-state index in [1.807, 2.05) is 24.3 Å². The number of morpholine rings is 1. The maximum Gasteiger partial charge on any atom is 0.272 e. The van der Waals surface area contributed by atoms with Crippen LogP contribution in [0, 0.1) is 0 Å². The summed E-state index contributed by atoms with van der Waals surface area (Å²) in [5.41, 5.74) is 1.68. The maximum absolute atomic E-state index is 13.0. The lowest BCUT2D eigenvalue weighted by Gasteiger charge is -2.28. The van der Waals surface area contributed by atoms with Gasteiger partial charge in [-0.25, -0.2) is 0 Å². The summed E-state index contributed by atoms with van der Waals surface area (Å²) in [6.45, 7) is 6.48. The van der Waals surface area contributed by atoms with Gasteiger partial charge >= 0.3 is 0 Å². The number of para-hydroxylation sites is 1. The topological polar surface area (TPSA) is 88.9 Å². The predicted molar refractivity (Wildman–Crippen MR) is 114 cm³/mol. The molecule has 0 spiro atoms. The zero-order valence-corrected chi connectivity index (χ0v) is 17.9. The number of hydrogen-bond acceptors (Lipinski definition) is 6. The van der Waals surface area contributed by atoms with Crippen LogP contribution in [0.3, 0.4) is 0 Å². The van der Waals surface area contributed by atoms with Crippen LogP contribution in [0.15, 0.2) is 30.3 Å². The molecule has 2 aliphatic rings. The first-order chi connectivity index (χ1) is 15.2. The third kappa shape index (κ3) is 5.05. The minimum Gasteiger partial charge on any atom is -0.496 e. The fourth-order valence-electron chi connectivity index (χ4n) is 3.96. The van der Waals surface area contributed by atoms with E-state index in [2.05, 4.69) is 15.3 Å². The summed E-state index contributed by atoms with van der Waals surface area (Å²) >= 11 is 0. The van der Waals surface area contributed by atoms with Crippen molar-refractivity contribution in [1.82, 2.24) is 24.9 Å². The lowest BCUT2D eigenvalue weighted by atomic mass is 10.1. The zero-order chi connectivity index (χ0) is 21.6. The number of methoxy groups -OCH3 is 1. The average molecular weight is 428 g/mol. The second kappa shape index (κ2) is 9.93. The average Bonchev–Trinajstić information content (AvgIpc) is 3.25. The fourth-order valence-corrected chi connectivity index (χ4v) is 3.96. The van der Waals surface area contributed by atoms with Crippen LogP contribution in [0.1, 0.15) is 33.0 Å². The van der Waals surface area contributed by atoms with Gasteiger partial charge in [-0.15, -0.1) is 0 Å². The number of fused-ring (bicyclic) bond motifs is 1. The molecule has 0 radical (unpaired) electrons. The third-order valence-electron chi connectivity index (χ3n) is 5.69. The largest absolute Gasteiger partial charge is 0.496 e. The van der Waals surface area contributed by atoms with Gasteiger partial charge < -0.3 is 19.7 Å². The number of rotatable bonds is 8. The van der Waals surface area contributed by atoms with Crippen LogP contribution in [-0.4, -0.2) is 84.4 Å². The van der Waals surface area contributed by atoms with Gasteiger partial charge in [-0.05, 0) is 19.0 Å². The van der Waals surface area contributed by atoms with Gasteiger partial charge in [0, 0.05) is 44.4 Å². The molecule has 3 heterocycles. The van der Waals surface area contributed by atoms with Crippen molar-refractivity contribution in [2.75, 3.05) is 53.0 Å². The summed E-state index contributed by atoms with van der Waals surface area (Å²) in [7, 11) is 1.62. The highest BCUT2D eigenvalue weighted by Crippen LogP contribution is 2.22. The molecule has 0 bridgehead atoms. The number of hydrogen-bond donors (Lipinski definition) is 1. The van der Waals surface area contributed by atoms with Gasteiger partial charge in [0.1, 0.15) is 11.4 Å². The minimum absolute atomic E-state index is 0.129. The Morgan fingerprint density at radius 1 is 1.19 bits per heavy atom. The number of benzene rings is 1. The quantitative estimate of drug-likeness (QED) is 0.633. The molecular formula is C22H29N5O4. The Labute approximate surface area is 181 Å². The number of carbonyl (C=O) groups is 2. The standard InChI is InChI=1S/C22H29N5O4/c1-30-20-6-3-2-5-17(20)16-26-9-10-27-19(22(26)29)15-18(24-27)21(28)23-7-4-8-25-11-13-31-14-12-25/h2-3,5-6,15H,4,7-14,16H2,1H3,(H,23,28). The van der Waals surface area contributed by atoms with E-state index < -0.39 is 0 Å². The molecule has 1 N–H and O–H groups in total. The minimum atomic E-state index is -0.243. The van der Waals surface area contributed by atoms with Crippen molar-refractivity contribution >= 4 is 11.8 Å². The van der Waals surface area contributed by atoms with E-state index in [1.165, 1.54) is 0 Å². The molecule has 31 heavy (non-hydrogen) atoms. The van der Waals surface area contributed by atoms with Crippen molar-refractivity contribution in [3.05, 3.63) is 47.3 Å². The van der Waals surface area contributed by atoms with E-state index in [1.54, 1.807) is 22.8 Å². The van der Waals surface area contributed by atoms with E-state index in [-0.39, 0.29) is 17.5 Å². The smallest absolute Gasteiger partial charge is 0.272 e. The van der Waals surface area contributed by atoms with Gasteiger partial charge in [0.15, 0.2) is 5.69 Å². The van der Waals surface area contributed by atoms with E-state index in [4.69, 9.17) is 9.47 Å². The Hall–Kier alpha value is -2.91. The predicted octanol–water partition coefficient (Wildman–Crippen LogP) is 1.000. The molecule has 2 aliphatic heterocycles. The van der Waals surface area contributed by atoms with Crippen molar-refractivity contribution < 1.29 is 19.1 Å². The van der Waals surface area contributed by atoms with E-state index in [0.717, 1.165) is 50.6 Å². The molecule has 0 saturated carbocycles. The monoisotopic (exact) mass is 427 g/mol. The first-order valence-corrected chi connectivity index (χ1v) is 10.7. The Kier molecular flexibility index (Phi) is 6.83. The van der Waals surface area contributed by atoms with Crippen LogP contribution in [0.25, 0.3) is 0 Å². The molecule has 166 valence electrons. The second-order valence-electron chi connectivity index (χ2n) is 7.74. The van der Waals surface area contributed by atoms with Gasteiger partial charge in [-0.2, -0.15) is 5.10 Å². The fraction of sp³-hybridized carbons (Fsp3) is 0.500. The van der Waals surface area contributed by atoms with Crippen LogP contribution in [0.5, 0.6) is 5.75 Å². The summed E-state index contributed by atoms with van der Waals surface area (Å²) in [4.78, 5) is 29.6. The van der Waals surface area contributed by atoms with Crippen LogP contribution < -0.4 is 10.1 Å². The van der Waals surface area contributed by atoms with Crippen LogP contribution in [-0.2, 0) is 17.8 Å². The highest BCUT2D eigenvalue weighted by Gasteiger charge is 2.28. The highest BCUT2D eigenvalue weighted by molar-refractivity contribution is 5.98. The zero-order valence-electron chi connectivity index (χ0n) is 17.9. The number of nitrogens with one attached hydrogen (secondary N) is 1. The normalized spacial score (nSPS) is 16.8. The lowest BCUT2D eigenvalue weighted by molar-refractivity contribution is 0.0374. The number of carbonyl (C=O) groups excluding carboxylic acids is 2. The summed E-state index contributed by atoms with van der Waals surface area (Å²) in [5.74, 6) is 0.385. The first-order valence-electron chi connectivity index (χ1n) is 10.7. The van der Waals surface area contributed by atoms with Crippen LogP contribution in [0.2, 0.25) is 0 Å². The number of amides is 2. The van der Waals surface area contributed by atoms with Crippen LogP contribution in [0.4, 0.5) is 0 Å². The molecule has 9 nitrogen and oxygen atoms in total. The molecule has 4 rings (SSSR count). The summed E-state index contributed by atoms with van der Waals surface area (Å²) in [5, 5.41) is 7.26. The number of ether oxygens (including phenoxy) is 2. The molecule has 1 fully saturated rings. The van der Waals surface area contributed by atoms with Gasteiger partial charge in [0.2, 0.25) is 0 Å². The van der Waals surface area contributed by atoms with Gasteiger partial charge in [-0.1, -0.05) is 18.2 Å². The SMILES string of the molecule is COc1ccccc1CN1CCn2nc(C(=O)NCCCN3CCOCC3)cc2C1=O. The number of aromatic nitrogens is 2. The Morgan fingerprint density at radius 3 is 2.81 bits per heavy atom. The third-order valence-corrected chi connectivity index (χ3v) is 5.69. The van der Waals surface area contributed by atoms with Crippen molar-refractivity contribution in [1.29, 1.82) is 0 Å². The number of nitrogens with zero attached hydrogens (tertiary/aromatic N) is 4. The Balaban J connectivity index is 1.32. The van der Waals surface area contributed by atoms with Gasteiger partial charge in [-0.3, -0.25) is 19.2 Å². The van der Waals surface area contributed by atoms with E-state index in [0.29, 0.717) is 31.9 Å². The summed E-state index contributed by atoms with van der Waals surface area (Å²) < 4.78 is 12.4. The lowest BCUT2D eigenvalue weighted by Crippen LogP contribution is -2.39. The van der Waals surface area contributed by atoms with E-state index in [9.17, 15) is 9.59 Å². The highest BCUT2D eigenvalue weighted by atomic mass is 16.5. The molecule has 1 saturated heterocycles. The summed E-state index contributed by atoms with van der Waals surface area (Å²) in [6, 6.07) is 9.26. The van der Waals surface area contributed by atoms with Gasteiger partial charge in [0.25, 0.3) is 11.8 Å². The van der Waals surface area contributed by atoms with Gasteiger partial charge in [0.05, 0.1) is 26.9 Å². The first kappa shape index (κ1) is 21.3. The van der Waals surface area contributed by atoms with Crippen molar-refractivity contribution in [2.24, 2.45) is 0 Å². The molecule has 0 atom stereocenters. The molecule has 0 aliphatic carbocycles.